The van der Waals surface area contributed by atoms with Crippen LogP contribution >= 0.6 is 0 Å². The first-order valence-corrected chi connectivity index (χ1v) is 10.2. The van der Waals surface area contributed by atoms with Crippen molar-refractivity contribution in [2.24, 2.45) is 5.92 Å². The van der Waals surface area contributed by atoms with Crippen molar-refractivity contribution in [3.05, 3.63) is 29.3 Å². The SMILES string of the molecule is COc1ccc(C(=O)N2CC(NC(=O)C3CCCC3)(C3(OC)CC3)C2)c(C)c1. The summed E-state index contributed by atoms with van der Waals surface area (Å²) in [6.07, 6.45) is 6.05. The van der Waals surface area contributed by atoms with Gasteiger partial charge in [0.05, 0.1) is 12.7 Å². The fraction of sp³-hybridized carbons (Fsp3) is 0.636. The quantitative estimate of drug-likeness (QED) is 0.816. The van der Waals surface area contributed by atoms with E-state index in [2.05, 4.69) is 5.32 Å². The van der Waals surface area contributed by atoms with E-state index in [1.54, 1.807) is 14.2 Å². The Labute approximate surface area is 166 Å². The van der Waals surface area contributed by atoms with Crippen LogP contribution in [0.4, 0.5) is 0 Å². The number of hydrogen-bond acceptors (Lipinski definition) is 4. The lowest BCUT2D eigenvalue weighted by molar-refractivity contribution is -0.136. The number of ether oxygens (including phenoxy) is 2. The average Bonchev–Trinajstić information content (AvgIpc) is 3.27. The highest BCUT2D eigenvalue weighted by molar-refractivity contribution is 5.97. The number of hydrogen-bond donors (Lipinski definition) is 1. The van der Waals surface area contributed by atoms with Gasteiger partial charge in [-0.25, -0.2) is 0 Å². The summed E-state index contributed by atoms with van der Waals surface area (Å²) < 4.78 is 11.1. The highest BCUT2D eigenvalue weighted by atomic mass is 16.5. The minimum atomic E-state index is -0.461. The van der Waals surface area contributed by atoms with Gasteiger partial charge in [0.2, 0.25) is 5.91 Å². The maximum Gasteiger partial charge on any atom is 0.254 e. The molecule has 3 aliphatic rings. The van der Waals surface area contributed by atoms with Crippen molar-refractivity contribution in [2.75, 3.05) is 27.3 Å². The molecule has 2 aliphatic carbocycles. The number of nitrogens with zero attached hydrogens (tertiary/aromatic N) is 1. The predicted octanol–water partition coefficient (Wildman–Crippen LogP) is 2.68. The maximum absolute atomic E-state index is 13.0. The standard InChI is InChI=1S/C22H30N2O4/c1-15-12-17(27-2)8-9-18(15)20(26)24-13-21(14-24,22(28-3)10-11-22)23-19(25)16-6-4-5-7-16/h8-9,12,16H,4-7,10-11,13-14H2,1-3H3,(H,23,25). The Morgan fingerprint density at radius 1 is 1.14 bits per heavy atom. The van der Waals surface area contributed by atoms with E-state index >= 15 is 0 Å². The van der Waals surface area contributed by atoms with Gasteiger partial charge in [-0.05, 0) is 56.4 Å². The molecule has 0 atom stereocenters. The Balaban J connectivity index is 1.49. The van der Waals surface area contributed by atoms with Gasteiger partial charge >= 0.3 is 0 Å². The van der Waals surface area contributed by atoms with Crippen molar-refractivity contribution < 1.29 is 19.1 Å². The average molecular weight is 386 g/mol. The van der Waals surface area contributed by atoms with Crippen LogP contribution in [0.15, 0.2) is 18.2 Å². The van der Waals surface area contributed by atoms with Gasteiger partial charge in [-0.3, -0.25) is 9.59 Å². The number of carbonyl (C=O) groups excluding carboxylic acids is 2. The molecule has 28 heavy (non-hydrogen) atoms. The highest BCUT2D eigenvalue weighted by Gasteiger charge is 2.66. The molecule has 0 unspecified atom stereocenters. The first-order chi connectivity index (χ1) is 13.4. The summed E-state index contributed by atoms with van der Waals surface area (Å²) in [6.45, 7) is 2.93. The van der Waals surface area contributed by atoms with Crippen LogP contribution in [0.3, 0.4) is 0 Å². The molecule has 1 aromatic carbocycles. The van der Waals surface area contributed by atoms with Gasteiger partial charge in [-0.1, -0.05) is 12.8 Å². The molecule has 6 nitrogen and oxygen atoms in total. The molecule has 1 aromatic rings. The number of amides is 2. The first kappa shape index (κ1) is 19.2. The summed E-state index contributed by atoms with van der Waals surface area (Å²) in [7, 11) is 3.33. The smallest absolute Gasteiger partial charge is 0.254 e. The van der Waals surface area contributed by atoms with Gasteiger partial charge in [-0.15, -0.1) is 0 Å². The summed E-state index contributed by atoms with van der Waals surface area (Å²) in [6, 6.07) is 5.50. The van der Waals surface area contributed by atoms with Crippen LogP contribution in [0.25, 0.3) is 0 Å². The zero-order valence-electron chi connectivity index (χ0n) is 17.0. The molecule has 3 fully saturated rings. The highest BCUT2D eigenvalue weighted by Crippen LogP contribution is 2.52. The fourth-order valence-electron chi connectivity index (χ4n) is 4.92. The number of aryl methyl sites for hydroxylation is 1. The lowest BCUT2D eigenvalue weighted by atomic mass is 9.80. The van der Waals surface area contributed by atoms with Crippen LogP contribution in [-0.4, -0.2) is 55.2 Å². The first-order valence-electron chi connectivity index (χ1n) is 10.2. The summed E-state index contributed by atoms with van der Waals surface area (Å²) >= 11 is 0. The van der Waals surface area contributed by atoms with E-state index in [-0.39, 0.29) is 23.3 Å². The molecule has 4 rings (SSSR count). The van der Waals surface area contributed by atoms with Crippen LogP contribution in [0, 0.1) is 12.8 Å². The molecule has 1 saturated heterocycles. The normalized spacial score (nSPS) is 22.5. The molecule has 0 spiro atoms. The molecule has 2 saturated carbocycles. The number of methoxy groups -OCH3 is 2. The molecule has 1 heterocycles. The molecule has 2 amide bonds. The summed E-state index contributed by atoms with van der Waals surface area (Å²) in [5.74, 6) is 0.983. The second-order valence-electron chi connectivity index (χ2n) is 8.59. The van der Waals surface area contributed by atoms with Crippen LogP contribution in [0.1, 0.15) is 54.4 Å². The number of carbonyl (C=O) groups is 2. The third-order valence-electron chi connectivity index (χ3n) is 6.93. The summed E-state index contributed by atoms with van der Waals surface area (Å²) in [5, 5.41) is 3.32. The van der Waals surface area contributed by atoms with Crippen molar-refractivity contribution in [1.82, 2.24) is 10.2 Å². The Morgan fingerprint density at radius 3 is 2.36 bits per heavy atom. The van der Waals surface area contributed by atoms with E-state index < -0.39 is 5.54 Å². The van der Waals surface area contributed by atoms with Crippen LogP contribution < -0.4 is 10.1 Å². The van der Waals surface area contributed by atoms with Gasteiger partial charge < -0.3 is 19.7 Å². The van der Waals surface area contributed by atoms with E-state index in [1.165, 1.54) is 0 Å². The second kappa shape index (κ2) is 7.07. The second-order valence-corrected chi connectivity index (χ2v) is 8.59. The molecule has 1 aliphatic heterocycles. The predicted molar refractivity (Wildman–Crippen MR) is 105 cm³/mol. The number of nitrogens with one attached hydrogen (secondary N) is 1. The van der Waals surface area contributed by atoms with Crippen molar-refractivity contribution in [3.8, 4) is 5.75 Å². The topological polar surface area (TPSA) is 67.9 Å². The van der Waals surface area contributed by atoms with Crippen molar-refractivity contribution >= 4 is 11.8 Å². The fourth-order valence-corrected chi connectivity index (χ4v) is 4.92. The minimum Gasteiger partial charge on any atom is -0.497 e. The molecule has 0 aromatic heterocycles. The maximum atomic E-state index is 13.0. The molecule has 1 N–H and O–H groups in total. The van der Waals surface area contributed by atoms with E-state index in [0.717, 1.165) is 49.8 Å². The molecule has 152 valence electrons. The van der Waals surface area contributed by atoms with E-state index in [4.69, 9.17) is 9.47 Å². The lowest BCUT2D eigenvalue weighted by Crippen LogP contribution is -2.78. The largest absolute Gasteiger partial charge is 0.497 e. The van der Waals surface area contributed by atoms with Crippen molar-refractivity contribution in [1.29, 1.82) is 0 Å². The van der Waals surface area contributed by atoms with Gasteiger partial charge in [-0.2, -0.15) is 0 Å². The third-order valence-corrected chi connectivity index (χ3v) is 6.93. The van der Waals surface area contributed by atoms with Gasteiger partial charge in [0.15, 0.2) is 0 Å². The van der Waals surface area contributed by atoms with Gasteiger partial charge in [0, 0.05) is 31.7 Å². The molecule has 0 radical (unpaired) electrons. The molecular formula is C22H30N2O4. The third kappa shape index (κ3) is 3.08. The van der Waals surface area contributed by atoms with E-state index in [0.29, 0.717) is 18.7 Å². The van der Waals surface area contributed by atoms with Crippen LogP contribution in [-0.2, 0) is 9.53 Å². The number of benzene rings is 1. The Kier molecular flexibility index (Phi) is 4.86. The van der Waals surface area contributed by atoms with E-state index in [9.17, 15) is 9.59 Å². The molecule has 0 bridgehead atoms. The van der Waals surface area contributed by atoms with Crippen molar-refractivity contribution in [2.45, 2.75) is 56.6 Å². The minimum absolute atomic E-state index is 0.00204. The van der Waals surface area contributed by atoms with Gasteiger partial charge in [0.25, 0.3) is 5.91 Å². The zero-order chi connectivity index (χ0) is 19.9. The van der Waals surface area contributed by atoms with Crippen LogP contribution in [0.5, 0.6) is 5.75 Å². The van der Waals surface area contributed by atoms with Crippen molar-refractivity contribution in [3.63, 3.8) is 0 Å². The number of rotatable bonds is 6. The Morgan fingerprint density at radius 2 is 1.82 bits per heavy atom. The monoisotopic (exact) mass is 386 g/mol. The summed E-state index contributed by atoms with van der Waals surface area (Å²) in [4.78, 5) is 27.7. The lowest BCUT2D eigenvalue weighted by Gasteiger charge is -2.54. The zero-order valence-corrected chi connectivity index (χ0v) is 17.0. The number of likely N-dealkylation sites (tertiary alicyclic amines) is 1. The summed E-state index contributed by atoms with van der Waals surface area (Å²) in [5.41, 5.74) is 0.785. The van der Waals surface area contributed by atoms with Gasteiger partial charge in [0.1, 0.15) is 11.3 Å². The molecule has 6 heteroatoms. The van der Waals surface area contributed by atoms with E-state index in [1.807, 2.05) is 30.0 Å². The Hall–Kier alpha value is -2.08. The Bertz CT molecular complexity index is 775. The molecular weight excluding hydrogens is 356 g/mol. The van der Waals surface area contributed by atoms with Crippen LogP contribution in [0.2, 0.25) is 0 Å².